The minimum Gasteiger partial charge on any atom is -0.470 e. The first-order chi connectivity index (χ1) is 26.3. The van der Waals surface area contributed by atoms with Crippen LogP contribution in [0.2, 0.25) is 0 Å². The number of rotatable bonds is 3. The Kier molecular flexibility index (Phi) is 9.73. The average Bonchev–Trinajstić information content (AvgIpc) is 4.07. The van der Waals surface area contributed by atoms with E-state index in [0.717, 1.165) is 31.8 Å². The molecule has 0 radical (unpaired) electrons. The Balaban J connectivity index is 1.17. The minimum atomic E-state index is -3.93. The van der Waals surface area contributed by atoms with Gasteiger partial charge in [0, 0.05) is 12.0 Å². The number of sulfonamides is 1. The molecule has 1 aromatic carbocycles. The zero-order valence-electron chi connectivity index (χ0n) is 30.4. The number of allylic oxidation sites excluding steroid dienone is 2. The van der Waals surface area contributed by atoms with Gasteiger partial charge in [0.15, 0.2) is 5.69 Å². The maximum absolute atomic E-state index is 16.2. The van der Waals surface area contributed by atoms with Gasteiger partial charge in [0.1, 0.15) is 17.7 Å². The number of hydrogen-bond donors (Lipinski definition) is 3. The highest BCUT2D eigenvalue weighted by Crippen LogP contribution is 2.50. The highest BCUT2D eigenvalue weighted by Gasteiger charge is 2.62. The number of halogens is 2. The van der Waals surface area contributed by atoms with E-state index in [-0.39, 0.29) is 49.5 Å². The third kappa shape index (κ3) is 7.85. The van der Waals surface area contributed by atoms with Crippen molar-refractivity contribution < 1.29 is 45.9 Å². The van der Waals surface area contributed by atoms with Gasteiger partial charge in [-0.05, 0) is 75.5 Å². The number of nitrogens with zero attached hydrogens (tertiary/aromatic N) is 3. The third-order valence-corrected chi connectivity index (χ3v) is 13.9. The largest absolute Gasteiger partial charge is 0.470 e. The molecule has 1 spiro atoms. The lowest BCUT2D eigenvalue weighted by molar-refractivity contribution is -0.134. The van der Waals surface area contributed by atoms with Crippen LogP contribution in [0.1, 0.15) is 89.2 Å². The molecule has 4 bridgehead atoms. The Morgan fingerprint density at radius 3 is 2.38 bits per heavy atom. The molecule has 5 fully saturated rings. The Morgan fingerprint density at radius 2 is 1.65 bits per heavy atom. The second-order valence-corrected chi connectivity index (χ2v) is 18.2. The molecule has 5 atom stereocenters. The molecule has 17 heteroatoms. The number of cyclic esters (lactones) is 1. The van der Waals surface area contributed by atoms with Crippen LogP contribution in [-0.2, 0) is 35.1 Å². The van der Waals surface area contributed by atoms with Gasteiger partial charge in [0.2, 0.25) is 27.7 Å². The number of amides is 4. The van der Waals surface area contributed by atoms with E-state index in [9.17, 15) is 27.6 Å². The Bertz CT molecular complexity index is 2020. The van der Waals surface area contributed by atoms with Crippen molar-refractivity contribution in [2.75, 3.05) is 19.7 Å². The van der Waals surface area contributed by atoms with E-state index in [4.69, 9.17) is 9.47 Å². The number of nitrogens with one attached hydrogen (secondary N) is 3. The van der Waals surface area contributed by atoms with E-state index in [0.29, 0.717) is 44.9 Å². The SMILES string of the molecule is O=C1N[C@H]2CCCCCCC[C@@H]3C[C@@]3(C(=O)NS(=O)(=O)C3CC3)NC(=O)C3CN(C[C@@H]3Oc3nc4ccccc4nc3C(F)(F)/C=C/CC3(CC3)CO1)C2=O. The zero-order chi connectivity index (χ0) is 38.6. The fourth-order valence-electron chi connectivity index (χ4n) is 8.18. The summed E-state index contributed by atoms with van der Waals surface area (Å²) in [7, 11) is -3.93. The Labute approximate surface area is 317 Å². The molecule has 3 aliphatic heterocycles. The summed E-state index contributed by atoms with van der Waals surface area (Å²) in [6.07, 6.45) is 7.39. The first-order valence-electron chi connectivity index (χ1n) is 19.4. The Morgan fingerprint density at radius 1 is 0.945 bits per heavy atom. The van der Waals surface area contributed by atoms with Crippen LogP contribution in [0.4, 0.5) is 13.6 Å². The van der Waals surface area contributed by atoms with Gasteiger partial charge in [-0.1, -0.05) is 50.3 Å². The average molecular weight is 785 g/mol. The summed E-state index contributed by atoms with van der Waals surface area (Å²) in [4.78, 5) is 65.6. The molecule has 8 rings (SSSR count). The van der Waals surface area contributed by atoms with E-state index in [1.807, 2.05) is 0 Å². The topological polar surface area (TPSA) is 186 Å². The number of para-hydroxylation sites is 2. The highest BCUT2D eigenvalue weighted by atomic mass is 32.2. The van der Waals surface area contributed by atoms with Crippen LogP contribution in [0.25, 0.3) is 11.0 Å². The fraction of sp³-hybridized carbons (Fsp3) is 0.632. The summed E-state index contributed by atoms with van der Waals surface area (Å²) in [6.45, 7) is -0.478. The van der Waals surface area contributed by atoms with Gasteiger partial charge in [-0.15, -0.1) is 0 Å². The molecular formula is C38H46F2N6O8S. The highest BCUT2D eigenvalue weighted by molar-refractivity contribution is 7.91. The van der Waals surface area contributed by atoms with Crippen LogP contribution in [0, 0.1) is 17.3 Å². The predicted octanol–water partition coefficient (Wildman–Crippen LogP) is 3.99. The molecule has 3 aliphatic carbocycles. The van der Waals surface area contributed by atoms with Gasteiger partial charge in [-0.3, -0.25) is 19.1 Å². The first kappa shape index (κ1) is 37.5. The molecule has 6 aliphatic rings. The molecule has 14 nitrogen and oxygen atoms in total. The van der Waals surface area contributed by atoms with Crippen molar-refractivity contribution in [3.05, 3.63) is 42.1 Å². The van der Waals surface area contributed by atoms with E-state index in [1.54, 1.807) is 24.3 Å². The van der Waals surface area contributed by atoms with Gasteiger partial charge in [-0.25, -0.2) is 23.2 Å². The number of ether oxygens (including phenoxy) is 2. The summed E-state index contributed by atoms with van der Waals surface area (Å²) in [6, 6.07) is 5.48. The van der Waals surface area contributed by atoms with E-state index in [2.05, 4.69) is 25.3 Å². The number of benzene rings is 1. The summed E-state index contributed by atoms with van der Waals surface area (Å²) < 4.78 is 72.2. The van der Waals surface area contributed by atoms with Crippen molar-refractivity contribution in [3.63, 3.8) is 0 Å². The molecule has 4 heterocycles. The van der Waals surface area contributed by atoms with Gasteiger partial charge >= 0.3 is 12.0 Å². The summed E-state index contributed by atoms with van der Waals surface area (Å²) >= 11 is 0. The lowest BCUT2D eigenvalue weighted by atomic mass is 10.0. The number of carbonyl (C=O) groups is 4. The zero-order valence-corrected chi connectivity index (χ0v) is 31.3. The van der Waals surface area contributed by atoms with Gasteiger partial charge in [-0.2, -0.15) is 8.78 Å². The second kappa shape index (κ2) is 14.3. The van der Waals surface area contributed by atoms with Crippen LogP contribution < -0.4 is 20.1 Å². The normalized spacial score (nSPS) is 31.6. The molecule has 3 saturated carbocycles. The lowest BCUT2D eigenvalue weighted by Crippen LogP contribution is -2.55. The Hall–Kier alpha value is -4.41. The second-order valence-electron chi connectivity index (χ2n) is 16.3. The molecule has 1 unspecified atom stereocenters. The molecular weight excluding hydrogens is 739 g/mol. The monoisotopic (exact) mass is 784 g/mol. The van der Waals surface area contributed by atoms with Crippen molar-refractivity contribution in [2.45, 2.75) is 112 Å². The fourth-order valence-corrected chi connectivity index (χ4v) is 9.55. The van der Waals surface area contributed by atoms with Crippen molar-refractivity contribution in [2.24, 2.45) is 17.3 Å². The maximum atomic E-state index is 16.2. The van der Waals surface area contributed by atoms with Crippen LogP contribution in [0.15, 0.2) is 36.4 Å². The third-order valence-electron chi connectivity index (χ3n) is 12.1. The van der Waals surface area contributed by atoms with Gasteiger partial charge < -0.3 is 25.0 Å². The quantitative estimate of drug-likeness (QED) is 0.385. The maximum Gasteiger partial charge on any atom is 0.407 e. The standard InChI is InChI=1S/C38H46F2N6O8S/c39-38(40)16-8-15-36(17-18-36)22-53-35(50)43-28-12-5-3-1-2-4-9-23-19-37(23,34(49)45-55(51,52)24-13-14-24)44-31(47)25-20-46(33(28)48)21-29(25)54-32-30(38)41-26-10-6-7-11-27(26)42-32/h6-8,10-11,16,23-25,28-29H,1-5,9,12-15,17-22H2,(H,43,50)(H,44,47)(H,45,49)/b16-8+/t23-,25?,28+,29+,37-/m1/s1. The summed E-state index contributed by atoms with van der Waals surface area (Å²) in [5.74, 6) is -7.72. The van der Waals surface area contributed by atoms with Crippen molar-refractivity contribution in [1.82, 2.24) is 30.2 Å². The summed E-state index contributed by atoms with van der Waals surface area (Å²) in [5, 5.41) is 4.92. The van der Waals surface area contributed by atoms with Crippen molar-refractivity contribution in [3.8, 4) is 5.88 Å². The minimum absolute atomic E-state index is 0.00783. The number of alkyl carbamates (subject to hydrolysis) is 1. The molecule has 1 aromatic heterocycles. The van der Waals surface area contributed by atoms with E-state index in [1.165, 1.54) is 11.0 Å². The molecule has 2 aromatic rings. The molecule has 55 heavy (non-hydrogen) atoms. The number of carbonyl (C=O) groups excluding carboxylic acids is 4. The number of aromatic nitrogens is 2. The number of fused-ring (bicyclic) bond motifs is 7. The van der Waals surface area contributed by atoms with E-state index < -0.39 is 85.6 Å². The van der Waals surface area contributed by atoms with Crippen LogP contribution in [0.3, 0.4) is 0 Å². The number of alkyl halides is 2. The van der Waals surface area contributed by atoms with E-state index >= 15 is 8.78 Å². The van der Waals surface area contributed by atoms with Gasteiger partial charge in [0.05, 0.1) is 35.4 Å². The molecule has 4 amide bonds. The molecule has 296 valence electrons. The predicted molar refractivity (Wildman–Crippen MR) is 193 cm³/mol. The van der Waals surface area contributed by atoms with Crippen molar-refractivity contribution >= 4 is 44.9 Å². The summed E-state index contributed by atoms with van der Waals surface area (Å²) in [5.41, 5.74) is -2.30. The van der Waals surface area contributed by atoms with Crippen molar-refractivity contribution in [1.29, 1.82) is 0 Å². The van der Waals surface area contributed by atoms with Gasteiger partial charge in [0.25, 0.3) is 5.91 Å². The smallest absolute Gasteiger partial charge is 0.407 e. The van der Waals surface area contributed by atoms with Crippen LogP contribution in [0.5, 0.6) is 5.88 Å². The lowest BCUT2D eigenvalue weighted by Gasteiger charge is -2.25. The number of hydrogen-bond acceptors (Lipinski definition) is 10. The van der Waals surface area contributed by atoms with Crippen LogP contribution in [-0.4, -0.2) is 89.7 Å². The molecule has 2 saturated heterocycles. The first-order valence-corrected chi connectivity index (χ1v) is 20.9. The van der Waals surface area contributed by atoms with Crippen LogP contribution >= 0.6 is 0 Å². The molecule has 3 N–H and O–H groups in total.